The molecule has 0 spiro atoms. The van der Waals surface area contributed by atoms with Crippen LogP contribution in [-0.2, 0) is 16.6 Å². The number of hydrogen-bond acceptors (Lipinski definition) is 7. The lowest BCUT2D eigenvalue weighted by molar-refractivity contribution is -0.117. The summed E-state index contributed by atoms with van der Waals surface area (Å²) in [6.07, 6.45) is 1.65. The van der Waals surface area contributed by atoms with Gasteiger partial charge in [-0.05, 0) is 29.8 Å². The molecular formula is C27H27ClN4O5. The van der Waals surface area contributed by atoms with Gasteiger partial charge in [0.1, 0.15) is 23.0 Å². The zero-order chi connectivity index (χ0) is 26.9. The molecular weight excluding hydrogens is 496 g/mol. The van der Waals surface area contributed by atoms with Crippen LogP contribution >= 0.6 is 11.6 Å². The number of halogens is 1. The van der Waals surface area contributed by atoms with Crippen LogP contribution in [0.5, 0.6) is 17.2 Å². The van der Waals surface area contributed by atoms with Gasteiger partial charge in [0.2, 0.25) is 5.91 Å². The van der Waals surface area contributed by atoms with Gasteiger partial charge in [-0.1, -0.05) is 43.6 Å². The fraction of sp³-hybridized carbons (Fsp3) is 0.259. The molecule has 2 aromatic carbocycles. The number of methoxy groups -OCH3 is 1. The molecule has 4 rings (SSSR count). The van der Waals surface area contributed by atoms with Crippen molar-refractivity contribution in [3.8, 4) is 17.2 Å². The lowest BCUT2D eigenvalue weighted by Crippen LogP contribution is -2.28. The van der Waals surface area contributed by atoms with E-state index in [1.165, 1.54) is 12.0 Å². The molecule has 10 heteroatoms. The quantitative estimate of drug-likeness (QED) is 0.350. The Morgan fingerprint density at radius 1 is 1.11 bits per heavy atom. The monoisotopic (exact) mass is 522 g/mol. The molecule has 4 aromatic rings. The van der Waals surface area contributed by atoms with Crippen molar-refractivity contribution in [2.75, 3.05) is 19.1 Å². The van der Waals surface area contributed by atoms with E-state index in [0.29, 0.717) is 50.3 Å². The molecule has 2 aromatic heterocycles. The van der Waals surface area contributed by atoms with Gasteiger partial charge in [0, 0.05) is 41.2 Å². The SMILES string of the molecule is COc1cc2nccc(Oc3ccc(CC(=O)N(C)c4cc(C(C)(C)C)on4)c(Cl)c3)c2cc1C(N)=O. The van der Waals surface area contributed by atoms with Crippen LogP contribution in [0.4, 0.5) is 5.82 Å². The molecule has 0 fully saturated rings. The van der Waals surface area contributed by atoms with Crippen molar-refractivity contribution in [2.24, 2.45) is 5.73 Å². The van der Waals surface area contributed by atoms with Crippen molar-refractivity contribution in [3.63, 3.8) is 0 Å². The summed E-state index contributed by atoms with van der Waals surface area (Å²) in [5.41, 5.74) is 6.69. The van der Waals surface area contributed by atoms with Gasteiger partial charge in [-0.2, -0.15) is 0 Å². The van der Waals surface area contributed by atoms with Gasteiger partial charge >= 0.3 is 0 Å². The van der Waals surface area contributed by atoms with Crippen molar-refractivity contribution in [2.45, 2.75) is 32.6 Å². The van der Waals surface area contributed by atoms with Crippen LogP contribution in [0.25, 0.3) is 10.9 Å². The molecule has 0 radical (unpaired) electrons. The number of fused-ring (bicyclic) bond motifs is 1. The third kappa shape index (κ3) is 5.51. The first-order chi connectivity index (χ1) is 17.5. The molecule has 0 saturated heterocycles. The molecule has 192 valence electrons. The first kappa shape index (κ1) is 26.0. The number of pyridine rings is 1. The molecule has 0 aliphatic rings. The van der Waals surface area contributed by atoms with E-state index in [1.54, 1.807) is 55.7 Å². The Labute approximate surface area is 219 Å². The van der Waals surface area contributed by atoms with Crippen LogP contribution in [0.1, 0.15) is 42.5 Å². The summed E-state index contributed by atoms with van der Waals surface area (Å²) in [4.78, 5) is 30.5. The molecule has 0 bridgehead atoms. The second-order valence-electron chi connectivity index (χ2n) is 9.53. The number of benzene rings is 2. The smallest absolute Gasteiger partial charge is 0.252 e. The number of likely N-dealkylation sites (N-methyl/N-ethyl adjacent to an activating group) is 1. The van der Waals surface area contributed by atoms with E-state index >= 15 is 0 Å². The van der Waals surface area contributed by atoms with Gasteiger partial charge < -0.3 is 19.7 Å². The molecule has 0 unspecified atom stereocenters. The van der Waals surface area contributed by atoms with Crippen LogP contribution in [0, 0.1) is 0 Å². The highest BCUT2D eigenvalue weighted by Crippen LogP contribution is 2.34. The Bertz CT molecular complexity index is 1490. The van der Waals surface area contributed by atoms with Crippen molar-refractivity contribution in [1.82, 2.24) is 10.1 Å². The normalized spacial score (nSPS) is 11.4. The number of amides is 2. The lowest BCUT2D eigenvalue weighted by atomic mass is 9.93. The van der Waals surface area contributed by atoms with Crippen LogP contribution < -0.4 is 20.1 Å². The molecule has 9 nitrogen and oxygen atoms in total. The molecule has 2 N–H and O–H groups in total. The highest BCUT2D eigenvalue weighted by molar-refractivity contribution is 6.31. The minimum Gasteiger partial charge on any atom is -0.496 e. The molecule has 0 aliphatic carbocycles. The molecule has 37 heavy (non-hydrogen) atoms. The number of rotatable bonds is 7. The van der Waals surface area contributed by atoms with E-state index in [-0.39, 0.29) is 23.3 Å². The summed E-state index contributed by atoms with van der Waals surface area (Å²) in [6.45, 7) is 6.01. The predicted molar refractivity (Wildman–Crippen MR) is 141 cm³/mol. The number of nitrogens with zero attached hydrogens (tertiary/aromatic N) is 3. The molecule has 0 saturated carbocycles. The number of ether oxygens (including phenoxy) is 2. The minimum absolute atomic E-state index is 0.0628. The van der Waals surface area contributed by atoms with E-state index in [2.05, 4.69) is 10.1 Å². The van der Waals surface area contributed by atoms with Gasteiger partial charge in [-0.15, -0.1) is 0 Å². The maximum atomic E-state index is 12.9. The molecule has 2 heterocycles. The number of carbonyl (C=O) groups is 2. The number of anilines is 1. The van der Waals surface area contributed by atoms with Crippen LogP contribution in [0.15, 0.2) is 53.2 Å². The fourth-order valence-corrected chi connectivity index (χ4v) is 3.88. The van der Waals surface area contributed by atoms with E-state index < -0.39 is 5.91 Å². The van der Waals surface area contributed by atoms with Gasteiger partial charge in [0.25, 0.3) is 5.91 Å². The van der Waals surface area contributed by atoms with Gasteiger partial charge in [0.15, 0.2) is 5.82 Å². The maximum Gasteiger partial charge on any atom is 0.252 e. The Hall–Kier alpha value is -4.11. The van der Waals surface area contributed by atoms with E-state index in [1.807, 2.05) is 20.8 Å². The highest BCUT2D eigenvalue weighted by atomic mass is 35.5. The Balaban J connectivity index is 1.54. The predicted octanol–water partition coefficient (Wildman–Crippen LogP) is 5.28. The van der Waals surface area contributed by atoms with Crippen molar-refractivity contribution >= 4 is 40.1 Å². The number of nitrogens with two attached hydrogens (primary N) is 1. The van der Waals surface area contributed by atoms with E-state index in [9.17, 15) is 9.59 Å². The Morgan fingerprint density at radius 2 is 1.86 bits per heavy atom. The Morgan fingerprint density at radius 3 is 2.49 bits per heavy atom. The number of hydrogen-bond donors (Lipinski definition) is 1. The third-order valence-electron chi connectivity index (χ3n) is 5.84. The first-order valence-electron chi connectivity index (χ1n) is 11.4. The number of carbonyl (C=O) groups excluding carboxylic acids is 2. The van der Waals surface area contributed by atoms with E-state index in [0.717, 1.165) is 0 Å². The third-order valence-corrected chi connectivity index (χ3v) is 6.19. The zero-order valence-electron chi connectivity index (χ0n) is 21.2. The standard InChI is InChI=1S/C27H27ClN4O5/c1-27(2,3)23-14-24(31-37-23)32(4)25(33)10-15-6-7-16(11-19(15)28)36-21-8-9-30-20-13-22(35-5)18(26(29)34)12-17(20)21/h6-9,11-14H,10H2,1-5H3,(H2,29,34). The Kier molecular flexibility index (Phi) is 7.09. The number of primary amides is 1. The fourth-order valence-electron chi connectivity index (χ4n) is 3.65. The summed E-state index contributed by atoms with van der Waals surface area (Å²) in [7, 11) is 3.09. The second-order valence-corrected chi connectivity index (χ2v) is 9.93. The summed E-state index contributed by atoms with van der Waals surface area (Å²) >= 11 is 6.50. The largest absolute Gasteiger partial charge is 0.496 e. The van der Waals surface area contributed by atoms with Gasteiger partial charge in [-0.25, -0.2) is 0 Å². The lowest BCUT2D eigenvalue weighted by Gasteiger charge is -2.15. The topological polar surface area (TPSA) is 121 Å². The van der Waals surface area contributed by atoms with Gasteiger partial charge in [0.05, 0.1) is 24.6 Å². The van der Waals surface area contributed by atoms with Gasteiger partial charge in [-0.3, -0.25) is 19.5 Å². The van der Waals surface area contributed by atoms with Crippen LogP contribution in [0.3, 0.4) is 0 Å². The van der Waals surface area contributed by atoms with Crippen LogP contribution in [-0.4, -0.2) is 36.1 Å². The van der Waals surface area contributed by atoms with Crippen LogP contribution in [0.2, 0.25) is 5.02 Å². The summed E-state index contributed by atoms with van der Waals surface area (Å²) in [6, 6.07) is 11.7. The summed E-state index contributed by atoms with van der Waals surface area (Å²) < 4.78 is 16.7. The second kappa shape index (κ2) is 10.1. The summed E-state index contributed by atoms with van der Waals surface area (Å²) in [5.74, 6) is 1.52. The first-order valence-corrected chi connectivity index (χ1v) is 11.8. The highest BCUT2D eigenvalue weighted by Gasteiger charge is 2.23. The maximum absolute atomic E-state index is 12.9. The van der Waals surface area contributed by atoms with Crippen molar-refractivity contribution in [1.29, 1.82) is 0 Å². The average molecular weight is 523 g/mol. The zero-order valence-corrected chi connectivity index (χ0v) is 21.9. The molecule has 0 aliphatic heterocycles. The molecule has 0 atom stereocenters. The van der Waals surface area contributed by atoms with E-state index in [4.69, 9.17) is 31.3 Å². The number of aromatic nitrogens is 2. The minimum atomic E-state index is -0.629. The average Bonchev–Trinajstić information content (AvgIpc) is 3.35. The van der Waals surface area contributed by atoms with Crippen molar-refractivity contribution in [3.05, 3.63) is 70.6 Å². The molecule has 2 amide bonds. The summed E-state index contributed by atoms with van der Waals surface area (Å²) in [5, 5.41) is 4.96. The van der Waals surface area contributed by atoms with Crippen molar-refractivity contribution < 1.29 is 23.6 Å².